The Morgan fingerprint density at radius 2 is 1.78 bits per heavy atom. The molecule has 2 heterocycles. The summed E-state index contributed by atoms with van der Waals surface area (Å²) in [6, 6.07) is 14.7. The largest absolute Gasteiger partial charge is 0.507 e. The van der Waals surface area contributed by atoms with Crippen LogP contribution in [0.15, 0.2) is 75.3 Å². The maximum absolute atomic E-state index is 13.1. The molecule has 1 atom stereocenters. The first-order valence-corrected chi connectivity index (χ1v) is 10.5. The average Bonchev–Trinajstić information content (AvgIpc) is 3.41. The number of ketones is 1. The number of aliphatic hydroxyl groups excluding tert-OH is 1. The highest BCUT2D eigenvalue weighted by Crippen LogP contribution is 2.41. The van der Waals surface area contributed by atoms with Crippen molar-refractivity contribution in [2.24, 2.45) is 0 Å². The Labute approximate surface area is 193 Å². The van der Waals surface area contributed by atoms with Crippen LogP contribution in [-0.4, -0.2) is 35.9 Å². The maximum atomic E-state index is 13.1. The zero-order valence-corrected chi connectivity index (χ0v) is 19.0. The third kappa shape index (κ3) is 3.89. The van der Waals surface area contributed by atoms with Crippen molar-refractivity contribution in [1.82, 2.24) is 4.90 Å². The third-order valence-electron chi connectivity index (χ3n) is 5.29. The summed E-state index contributed by atoms with van der Waals surface area (Å²) in [4.78, 5) is 27.5. The van der Waals surface area contributed by atoms with Crippen LogP contribution < -0.4 is 9.47 Å². The van der Waals surface area contributed by atoms with Crippen LogP contribution in [0.1, 0.15) is 22.9 Å². The van der Waals surface area contributed by atoms with Crippen LogP contribution >= 0.6 is 15.9 Å². The number of carbonyl (C=O) groups is 2. The zero-order chi connectivity index (χ0) is 22.8. The van der Waals surface area contributed by atoms with Gasteiger partial charge in [-0.05, 0) is 48.0 Å². The van der Waals surface area contributed by atoms with E-state index < -0.39 is 17.7 Å². The lowest BCUT2D eigenvalue weighted by Crippen LogP contribution is -2.29. The number of aliphatic hydroxyl groups is 1. The second-order valence-electron chi connectivity index (χ2n) is 7.13. The van der Waals surface area contributed by atoms with Gasteiger partial charge in [0.2, 0.25) is 0 Å². The molecular weight excluding hydrogens is 478 g/mol. The Balaban J connectivity index is 1.87. The minimum Gasteiger partial charge on any atom is -0.507 e. The van der Waals surface area contributed by atoms with E-state index in [-0.39, 0.29) is 17.9 Å². The number of furan rings is 1. The Kier molecular flexibility index (Phi) is 6.05. The Morgan fingerprint density at radius 3 is 2.41 bits per heavy atom. The van der Waals surface area contributed by atoms with E-state index in [0.717, 1.165) is 4.47 Å². The smallest absolute Gasteiger partial charge is 0.296 e. The molecule has 3 aromatic rings. The van der Waals surface area contributed by atoms with Crippen LogP contribution in [0.25, 0.3) is 5.76 Å². The number of halogens is 1. The summed E-state index contributed by atoms with van der Waals surface area (Å²) in [6.07, 6.45) is 1.50. The number of carbonyl (C=O) groups excluding carboxylic acids is 2. The monoisotopic (exact) mass is 497 g/mol. The van der Waals surface area contributed by atoms with Crippen molar-refractivity contribution in [1.29, 1.82) is 0 Å². The SMILES string of the molecule is COc1ccc(C(O)=C2C(=O)C(=O)N(Cc3ccco3)[C@H]2c2ccc(Br)cc2)cc1OC. The quantitative estimate of drug-likeness (QED) is 0.302. The van der Waals surface area contributed by atoms with Crippen molar-refractivity contribution < 1.29 is 28.6 Å². The number of amides is 1. The second kappa shape index (κ2) is 8.92. The Bertz CT molecular complexity index is 1180. The van der Waals surface area contributed by atoms with Crippen molar-refractivity contribution in [3.05, 3.63) is 87.8 Å². The molecule has 8 heteroatoms. The van der Waals surface area contributed by atoms with Gasteiger partial charge in [-0.2, -0.15) is 0 Å². The van der Waals surface area contributed by atoms with Gasteiger partial charge in [0.1, 0.15) is 11.5 Å². The van der Waals surface area contributed by atoms with Gasteiger partial charge < -0.3 is 23.9 Å². The molecule has 2 aromatic carbocycles. The van der Waals surface area contributed by atoms with Crippen molar-refractivity contribution >= 4 is 33.4 Å². The van der Waals surface area contributed by atoms with E-state index >= 15 is 0 Å². The van der Waals surface area contributed by atoms with E-state index in [2.05, 4.69) is 15.9 Å². The number of hydrogen-bond donors (Lipinski definition) is 1. The minimum absolute atomic E-state index is 0.00361. The highest BCUT2D eigenvalue weighted by molar-refractivity contribution is 9.10. The topological polar surface area (TPSA) is 89.2 Å². The molecular formula is C24H20BrNO6. The van der Waals surface area contributed by atoms with Gasteiger partial charge >= 0.3 is 0 Å². The maximum Gasteiger partial charge on any atom is 0.296 e. The third-order valence-corrected chi connectivity index (χ3v) is 5.82. The number of hydrogen-bond acceptors (Lipinski definition) is 6. The molecule has 1 fully saturated rings. The first-order chi connectivity index (χ1) is 15.4. The lowest BCUT2D eigenvalue weighted by atomic mass is 9.95. The van der Waals surface area contributed by atoms with E-state index in [1.54, 1.807) is 42.5 Å². The molecule has 1 aliphatic heterocycles. The van der Waals surface area contributed by atoms with Gasteiger partial charge in [0.15, 0.2) is 11.5 Å². The number of nitrogens with zero attached hydrogens (tertiary/aromatic N) is 1. The summed E-state index contributed by atoms with van der Waals surface area (Å²) in [5.74, 6) is -0.374. The van der Waals surface area contributed by atoms with Crippen LogP contribution in [0, 0.1) is 0 Å². The summed E-state index contributed by atoms with van der Waals surface area (Å²) in [5.41, 5.74) is 1.01. The van der Waals surface area contributed by atoms with Gasteiger partial charge in [-0.1, -0.05) is 28.1 Å². The van der Waals surface area contributed by atoms with Crippen LogP contribution in [-0.2, 0) is 16.1 Å². The van der Waals surface area contributed by atoms with E-state index in [9.17, 15) is 14.7 Å². The van der Waals surface area contributed by atoms with E-state index in [0.29, 0.717) is 28.4 Å². The second-order valence-corrected chi connectivity index (χ2v) is 8.04. The zero-order valence-electron chi connectivity index (χ0n) is 17.4. The summed E-state index contributed by atoms with van der Waals surface area (Å²) < 4.78 is 16.8. The summed E-state index contributed by atoms with van der Waals surface area (Å²) in [7, 11) is 2.98. The first-order valence-electron chi connectivity index (χ1n) is 9.73. The number of methoxy groups -OCH3 is 2. The standard InChI is InChI=1S/C24H20BrNO6/c1-30-18-10-7-15(12-19(18)31-2)22(27)20-21(14-5-8-16(25)9-6-14)26(24(29)23(20)28)13-17-4-3-11-32-17/h3-12,21,27H,13H2,1-2H3/t21-/m0/s1. The van der Waals surface area contributed by atoms with Crippen LogP contribution in [0.2, 0.25) is 0 Å². The van der Waals surface area contributed by atoms with Gasteiger partial charge in [0, 0.05) is 10.0 Å². The van der Waals surface area contributed by atoms with E-state index in [1.807, 2.05) is 12.1 Å². The number of benzene rings is 2. The average molecular weight is 498 g/mol. The molecule has 1 amide bonds. The predicted molar refractivity (Wildman–Crippen MR) is 120 cm³/mol. The highest BCUT2D eigenvalue weighted by atomic mass is 79.9. The molecule has 0 bridgehead atoms. The fraction of sp³-hybridized carbons (Fsp3) is 0.167. The van der Waals surface area contributed by atoms with Crippen LogP contribution in [0.4, 0.5) is 0 Å². The molecule has 0 aliphatic carbocycles. The Morgan fingerprint density at radius 1 is 1.06 bits per heavy atom. The van der Waals surface area contributed by atoms with Gasteiger partial charge in [-0.3, -0.25) is 9.59 Å². The van der Waals surface area contributed by atoms with Gasteiger partial charge in [-0.25, -0.2) is 0 Å². The molecule has 0 radical (unpaired) electrons. The molecule has 1 aliphatic rings. The molecule has 0 spiro atoms. The van der Waals surface area contributed by atoms with E-state index in [1.165, 1.54) is 25.4 Å². The van der Waals surface area contributed by atoms with Crippen LogP contribution in [0.5, 0.6) is 11.5 Å². The lowest BCUT2D eigenvalue weighted by Gasteiger charge is -2.24. The van der Waals surface area contributed by atoms with Crippen LogP contribution in [0.3, 0.4) is 0 Å². The van der Waals surface area contributed by atoms with Crippen molar-refractivity contribution in [3.63, 3.8) is 0 Å². The number of ether oxygens (including phenoxy) is 2. The normalized spacial score (nSPS) is 17.6. The number of likely N-dealkylation sites (tertiary alicyclic amines) is 1. The summed E-state index contributed by atoms with van der Waals surface area (Å²) in [5, 5.41) is 11.2. The molecule has 4 rings (SSSR count). The highest BCUT2D eigenvalue weighted by Gasteiger charge is 2.46. The summed E-state index contributed by atoms with van der Waals surface area (Å²) >= 11 is 3.40. The lowest BCUT2D eigenvalue weighted by molar-refractivity contribution is -0.140. The Hall–Kier alpha value is -3.52. The molecule has 1 aromatic heterocycles. The predicted octanol–water partition coefficient (Wildman–Crippen LogP) is 4.68. The molecule has 1 saturated heterocycles. The summed E-state index contributed by atoms with van der Waals surface area (Å²) in [6.45, 7) is 0.0843. The molecule has 0 unspecified atom stereocenters. The van der Waals surface area contributed by atoms with Gasteiger partial charge in [0.05, 0.1) is 38.6 Å². The van der Waals surface area contributed by atoms with Gasteiger partial charge in [0.25, 0.3) is 11.7 Å². The number of Topliss-reactive ketones (excluding diaryl/α,β-unsaturated/α-hetero) is 1. The fourth-order valence-corrected chi connectivity index (χ4v) is 4.01. The molecule has 32 heavy (non-hydrogen) atoms. The van der Waals surface area contributed by atoms with Gasteiger partial charge in [-0.15, -0.1) is 0 Å². The molecule has 0 saturated carbocycles. The molecule has 7 nitrogen and oxygen atoms in total. The minimum atomic E-state index is -0.790. The van der Waals surface area contributed by atoms with Crippen molar-refractivity contribution in [3.8, 4) is 11.5 Å². The fourth-order valence-electron chi connectivity index (χ4n) is 3.74. The van der Waals surface area contributed by atoms with Crippen molar-refractivity contribution in [2.75, 3.05) is 14.2 Å². The first kappa shape index (κ1) is 21.7. The number of rotatable bonds is 6. The van der Waals surface area contributed by atoms with E-state index in [4.69, 9.17) is 13.9 Å². The molecule has 1 N–H and O–H groups in total. The molecule has 164 valence electrons. The van der Waals surface area contributed by atoms with Crippen molar-refractivity contribution in [2.45, 2.75) is 12.6 Å².